The molecule has 0 N–H and O–H groups in total. The zero-order valence-corrected chi connectivity index (χ0v) is 20.5. The van der Waals surface area contributed by atoms with Gasteiger partial charge in [-0.05, 0) is 62.1 Å². The number of carbonyl (C=O) groups is 1. The molecule has 1 aliphatic heterocycles. The fourth-order valence-corrected chi connectivity index (χ4v) is 4.44. The van der Waals surface area contributed by atoms with Crippen LogP contribution in [0.5, 0.6) is 5.75 Å². The average Bonchev–Trinajstić information content (AvgIpc) is 3.32. The molecule has 7 nitrogen and oxygen atoms in total. The van der Waals surface area contributed by atoms with E-state index in [2.05, 4.69) is 60.1 Å². The second kappa shape index (κ2) is 10.7. The van der Waals surface area contributed by atoms with Gasteiger partial charge in [0.25, 0.3) is 0 Å². The van der Waals surface area contributed by atoms with Crippen LogP contribution >= 0.6 is 0 Å². The summed E-state index contributed by atoms with van der Waals surface area (Å²) in [4.78, 5) is 22.4. The number of hydrogen-bond donors (Lipinski definition) is 0. The highest BCUT2D eigenvalue weighted by Gasteiger charge is 2.31. The van der Waals surface area contributed by atoms with Gasteiger partial charge in [-0.25, -0.2) is 0 Å². The molecule has 2 aromatic carbocycles. The first-order valence-electron chi connectivity index (χ1n) is 12.0. The molecule has 7 heteroatoms. The molecule has 180 valence electrons. The molecule has 2 heterocycles. The molecule has 1 amide bonds. The molecule has 1 aliphatic rings. The molecule has 1 atom stereocenters. The van der Waals surface area contributed by atoms with Crippen LogP contribution in [0.1, 0.15) is 38.1 Å². The van der Waals surface area contributed by atoms with Gasteiger partial charge in [0.05, 0.1) is 13.0 Å². The molecule has 0 aliphatic carbocycles. The zero-order valence-electron chi connectivity index (χ0n) is 20.5. The molecule has 34 heavy (non-hydrogen) atoms. The van der Waals surface area contributed by atoms with Gasteiger partial charge in [0, 0.05) is 30.9 Å². The number of aromatic nitrogens is 2. The van der Waals surface area contributed by atoms with Crippen molar-refractivity contribution < 1.29 is 14.1 Å². The first-order valence-corrected chi connectivity index (χ1v) is 12.0. The maximum Gasteiger partial charge on any atom is 0.246 e. The van der Waals surface area contributed by atoms with Gasteiger partial charge >= 0.3 is 0 Å². The highest BCUT2D eigenvalue weighted by Crippen LogP contribution is 2.26. The maximum atomic E-state index is 13.6. The van der Waals surface area contributed by atoms with Gasteiger partial charge < -0.3 is 19.1 Å². The van der Waals surface area contributed by atoms with Crippen LogP contribution in [0.4, 0.5) is 5.69 Å². The van der Waals surface area contributed by atoms with E-state index >= 15 is 0 Å². The summed E-state index contributed by atoms with van der Waals surface area (Å²) in [5.74, 6) is 2.19. The van der Waals surface area contributed by atoms with E-state index in [-0.39, 0.29) is 11.8 Å². The smallest absolute Gasteiger partial charge is 0.246 e. The van der Waals surface area contributed by atoms with E-state index in [4.69, 9.17) is 9.26 Å². The van der Waals surface area contributed by atoms with Crippen LogP contribution in [0, 0.1) is 18.8 Å². The lowest BCUT2D eigenvalue weighted by atomic mass is 9.95. The number of ether oxygens (including phenoxy) is 1. The van der Waals surface area contributed by atoms with Crippen molar-refractivity contribution in [3.63, 3.8) is 0 Å². The van der Waals surface area contributed by atoms with E-state index in [1.54, 1.807) is 7.11 Å². The molecular formula is C27H34N4O3. The summed E-state index contributed by atoms with van der Waals surface area (Å²) >= 11 is 0. The zero-order chi connectivity index (χ0) is 24.1. The third kappa shape index (κ3) is 5.76. The van der Waals surface area contributed by atoms with Crippen LogP contribution in [0.2, 0.25) is 0 Å². The number of methoxy groups -OCH3 is 1. The lowest BCUT2D eigenvalue weighted by Crippen LogP contribution is -2.45. The summed E-state index contributed by atoms with van der Waals surface area (Å²) in [6, 6.07) is 16.1. The van der Waals surface area contributed by atoms with Gasteiger partial charge in [0.15, 0.2) is 0 Å². The van der Waals surface area contributed by atoms with E-state index in [0.29, 0.717) is 30.7 Å². The SMILES string of the molecule is COc1ccc(-c2noc(CN(CC(C)C)C(=O)C3CCCN(c4ccc(C)cc4)C3)n2)cc1. The van der Waals surface area contributed by atoms with Crippen molar-refractivity contribution in [2.45, 2.75) is 40.2 Å². The standard InChI is InChI=1S/C27H34N4O3/c1-19(2)16-31(18-25-28-26(29-34-25)21-9-13-24(33-4)14-10-21)27(32)22-6-5-15-30(17-22)23-11-7-20(3)8-12-23/h7-14,19,22H,5-6,15-18H2,1-4H3. The molecular weight excluding hydrogens is 428 g/mol. The lowest BCUT2D eigenvalue weighted by Gasteiger charge is -2.36. The third-order valence-corrected chi connectivity index (χ3v) is 6.21. The highest BCUT2D eigenvalue weighted by molar-refractivity contribution is 5.79. The van der Waals surface area contributed by atoms with Crippen molar-refractivity contribution in [2.75, 3.05) is 31.6 Å². The molecule has 1 fully saturated rings. The molecule has 0 radical (unpaired) electrons. The van der Waals surface area contributed by atoms with Crippen LogP contribution in [0.3, 0.4) is 0 Å². The van der Waals surface area contributed by atoms with Crippen LogP contribution < -0.4 is 9.64 Å². The van der Waals surface area contributed by atoms with E-state index < -0.39 is 0 Å². The minimum Gasteiger partial charge on any atom is -0.497 e. The van der Waals surface area contributed by atoms with Crippen LogP contribution in [-0.4, -0.2) is 47.7 Å². The first kappa shape index (κ1) is 23.8. The molecule has 1 saturated heterocycles. The summed E-state index contributed by atoms with van der Waals surface area (Å²) in [6.07, 6.45) is 1.90. The van der Waals surface area contributed by atoms with Gasteiger partial charge in [-0.1, -0.05) is 36.7 Å². The molecule has 1 aromatic heterocycles. The lowest BCUT2D eigenvalue weighted by molar-refractivity contribution is -0.137. The van der Waals surface area contributed by atoms with Crippen molar-refractivity contribution in [3.05, 3.63) is 60.0 Å². The molecule has 0 saturated carbocycles. The number of hydrogen-bond acceptors (Lipinski definition) is 6. The van der Waals surface area contributed by atoms with Crippen LogP contribution in [-0.2, 0) is 11.3 Å². The van der Waals surface area contributed by atoms with E-state index in [9.17, 15) is 4.79 Å². The Balaban J connectivity index is 1.46. The molecule has 3 aromatic rings. The van der Waals surface area contributed by atoms with Crippen LogP contribution in [0.15, 0.2) is 53.1 Å². The average molecular weight is 463 g/mol. The number of aryl methyl sites for hydroxylation is 1. The topological polar surface area (TPSA) is 71.7 Å². The number of rotatable bonds is 8. The van der Waals surface area contributed by atoms with Crippen molar-refractivity contribution in [1.82, 2.24) is 15.0 Å². The van der Waals surface area contributed by atoms with Crippen molar-refractivity contribution in [3.8, 4) is 17.1 Å². The van der Waals surface area contributed by atoms with Gasteiger partial charge in [0.1, 0.15) is 12.3 Å². The predicted molar refractivity (Wildman–Crippen MR) is 133 cm³/mol. The fraction of sp³-hybridized carbons (Fsp3) is 0.444. The highest BCUT2D eigenvalue weighted by atomic mass is 16.5. The summed E-state index contributed by atoms with van der Waals surface area (Å²) < 4.78 is 10.7. The normalized spacial score (nSPS) is 16.0. The third-order valence-electron chi connectivity index (χ3n) is 6.21. The van der Waals surface area contributed by atoms with Gasteiger partial charge in [-0.2, -0.15) is 4.98 Å². The largest absolute Gasteiger partial charge is 0.497 e. The summed E-state index contributed by atoms with van der Waals surface area (Å²) in [7, 11) is 1.63. The molecule has 4 rings (SSSR count). The second-order valence-electron chi connectivity index (χ2n) is 9.47. The summed E-state index contributed by atoms with van der Waals surface area (Å²) in [6.45, 7) is 9.02. The Labute approximate surface area is 201 Å². The van der Waals surface area contributed by atoms with E-state index in [0.717, 1.165) is 37.2 Å². The first-order chi connectivity index (χ1) is 16.4. The van der Waals surface area contributed by atoms with Crippen LogP contribution in [0.25, 0.3) is 11.4 Å². The Morgan fingerprint density at radius 1 is 1.18 bits per heavy atom. The number of piperidine rings is 1. The monoisotopic (exact) mass is 462 g/mol. The van der Waals surface area contributed by atoms with Gasteiger partial charge in [-0.15, -0.1) is 0 Å². The molecule has 0 spiro atoms. The van der Waals surface area contributed by atoms with E-state index in [1.165, 1.54) is 11.3 Å². The second-order valence-corrected chi connectivity index (χ2v) is 9.47. The van der Waals surface area contributed by atoms with Gasteiger partial charge in [-0.3, -0.25) is 4.79 Å². The number of benzene rings is 2. The van der Waals surface area contributed by atoms with E-state index in [1.807, 2.05) is 29.2 Å². The molecule has 0 bridgehead atoms. The Morgan fingerprint density at radius 2 is 1.91 bits per heavy atom. The Morgan fingerprint density at radius 3 is 2.59 bits per heavy atom. The Bertz CT molecular complexity index is 1080. The predicted octanol–water partition coefficient (Wildman–Crippen LogP) is 4.95. The number of amides is 1. The molecule has 1 unspecified atom stereocenters. The number of anilines is 1. The number of nitrogens with zero attached hydrogens (tertiary/aromatic N) is 4. The Kier molecular flexibility index (Phi) is 7.50. The van der Waals surface area contributed by atoms with Gasteiger partial charge in [0.2, 0.25) is 17.6 Å². The maximum absolute atomic E-state index is 13.6. The van der Waals surface area contributed by atoms with Crippen molar-refractivity contribution in [2.24, 2.45) is 11.8 Å². The summed E-state index contributed by atoms with van der Waals surface area (Å²) in [5, 5.41) is 4.13. The summed E-state index contributed by atoms with van der Waals surface area (Å²) in [5.41, 5.74) is 3.27. The Hall–Kier alpha value is -3.35. The minimum atomic E-state index is -0.0437. The fourth-order valence-electron chi connectivity index (χ4n) is 4.44. The minimum absolute atomic E-state index is 0.0437. The van der Waals surface area contributed by atoms with Crippen molar-refractivity contribution >= 4 is 11.6 Å². The van der Waals surface area contributed by atoms with Crippen molar-refractivity contribution in [1.29, 1.82) is 0 Å². The quantitative estimate of drug-likeness (QED) is 0.471. The number of carbonyl (C=O) groups excluding carboxylic acids is 1.